The van der Waals surface area contributed by atoms with E-state index in [1.165, 1.54) is 11.3 Å². The van der Waals surface area contributed by atoms with E-state index in [-0.39, 0.29) is 6.61 Å². The zero-order chi connectivity index (χ0) is 9.42. The van der Waals surface area contributed by atoms with Gasteiger partial charge in [0.1, 0.15) is 0 Å². The van der Waals surface area contributed by atoms with Crippen molar-refractivity contribution < 1.29 is 5.11 Å². The molecule has 1 N–H and O–H groups in total. The number of hydrogen-bond donors (Lipinski definition) is 1. The van der Waals surface area contributed by atoms with Crippen molar-refractivity contribution in [2.45, 2.75) is 6.61 Å². The van der Waals surface area contributed by atoms with Crippen molar-refractivity contribution in [3.63, 3.8) is 0 Å². The summed E-state index contributed by atoms with van der Waals surface area (Å²) in [7, 11) is 0. The van der Waals surface area contributed by atoms with Crippen LogP contribution in [0.15, 0.2) is 22.7 Å². The number of aliphatic hydroxyl groups excluding tert-OH is 1. The molecule has 1 aromatic heterocycles. The fraction of sp³-hybridized carbons (Fsp3) is 0.111. The molecular formula is C9H6BrClOS. The molecule has 0 aliphatic heterocycles. The molecule has 0 fully saturated rings. The third kappa shape index (κ3) is 1.50. The highest BCUT2D eigenvalue weighted by Crippen LogP contribution is 2.38. The molecule has 4 heteroatoms. The van der Waals surface area contributed by atoms with Gasteiger partial charge in [0.25, 0.3) is 0 Å². The Morgan fingerprint density at radius 3 is 2.92 bits per heavy atom. The van der Waals surface area contributed by atoms with Gasteiger partial charge in [-0.05, 0) is 12.1 Å². The summed E-state index contributed by atoms with van der Waals surface area (Å²) in [5.41, 5.74) is 0.814. The summed E-state index contributed by atoms with van der Waals surface area (Å²) in [5, 5.41) is 10.2. The maximum Gasteiger partial charge on any atom is 0.0996 e. The summed E-state index contributed by atoms with van der Waals surface area (Å²) in [5.74, 6) is 0. The lowest BCUT2D eigenvalue weighted by Gasteiger charge is -1.96. The van der Waals surface area contributed by atoms with Crippen molar-refractivity contribution >= 4 is 49.0 Å². The molecule has 2 rings (SSSR count). The van der Waals surface area contributed by atoms with Crippen molar-refractivity contribution in [1.29, 1.82) is 0 Å². The molecule has 0 saturated heterocycles. The van der Waals surface area contributed by atoms with Crippen LogP contribution in [0, 0.1) is 0 Å². The first-order valence-electron chi connectivity index (χ1n) is 3.70. The number of fused-ring (bicyclic) bond motifs is 1. The fourth-order valence-corrected chi connectivity index (χ4v) is 3.38. The molecule has 1 nitrogen and oxygen atoms in total. The van der Waals surface area contributed by atoms with E-state index in [1.54, 1.807) is 0 Å². The Bertz CT molecular complexity index is 452. The maximum absolute atomic E-state index is 9.13. The van der Waals surface area contributed by atoms with Crippen LogP contribution in [-0.4, -0.2) is 5.11 Å². The van der Waals surface area contributed by atoms with E-state index in [1.807, 2.05) is 18.2 Å². The van der Waals surface area contributed by atoms with Gasteiger partial charge in [-0.15, -0.1) is 11.3 Å². The molecule has 0 amide bonds. The smallest absolute Gasteiger partial charge is 0.0996 e. The molecule has 0 aliphatic rings. The largest absolute Gasteiger partial charge is 0.392 e. The maximum atomic E-state index is 9.13. The third-order valence-corrected chi connectivity index (χ3v) is 3.98. The molecule has 0 bridgehead atoms. The predicted molar refractivity (Wildman–Crippen MR) is 60.5 cm³/mol. The van der Waals surface area contributed by atoms with Crippen molar-refractivity contribution in [3.8, 4) is 0 Å². The number of rotatable bonds is 1. The third-order valence-electron chi connectivity index (χ3n) is 1.87. The first-order valence-corrected chi connectivity index (χ1v) is 5.69. The average molecular weight is 278 g/mol. The van der Waals surface area contributed by atoms with Gasteiger partial charge < -0.3 is 5.11 Å². The van der Waals surface area contributed by atoms with Crippen molar-refractivity contribution in [2.24, 2.45) is 0 Å². The summed E-state index contributed by atoms with van der Waals surface area (Å²) in [4.78, 5) is 0. The number of thiophene rings is 1. The Kier molecular flexibility index (Phi) is 2.60. The quantitative estimate of drug-likeness (QED) is 0.840. The molecular weight excluding hydrogens is 272 g/mol. The topological polar surface area (TPSA) is 20.2 Å². The van der Waals surface area contributed by atoms with Crippen LogP contribution in [0.3, 0.4) is 0 Å². The molecule has 1 aromatic carbocycles. The minimum absolute atomic E-state index is 0.0125. The summed E-state index contributed by atoms with van der Waals surface area (Å²) >= 11 is 10.9. The number of halogens is 2. The van der Waals surface area contributed by atoms with Gasteiger partial charge in [0, 0.05) is 20.1 Å². The molecule has 0 aliphatic carbocycles. The molecule has 2 aromatic rings. The molecule has 13 heavy (non-hydrogen) atoms. The average Bonchev–Trinajstić information content (AvgIpc) is 2.42. The van der Waals surface area contributed by atoms with Crippen LogP contribution >= 0.6 is 38.9 Å². The minimum atomic E-state index is -0.0125. The molecule has 0 unspecified atom stereocenters. The Balaban J connectivity index is 2.88. The van der Waals surface area contributed by atoms with E-state index in [2.05, 4.69) is 15.9 Å². The van der Waals surface area contributed by atoms with Crippen molar-refractivity contribution in [3.05, 3.63) is 32.6 Å². The molecule has 1 heterocycles. The van der Waals surface area contributed by atoms with Crippen molar-refractivity contribution in [2.75, 3.05) is 0 Å². The summed E-state index contributed by atoms with van der Waals surface area (Å²) < 4.78 is 2.75. The fourth-order valence-electron chi connectivity index (χ4n) is 1.28. The van der Waals surface area contributed by atoms with Crippen LogP contribution in [0.1, 0.15) is 5.56 Å². The van der Waals surface area contributed by atoms with Gasteiger partial charge in [0.15, 0.2) is 0 Å². The molecule has 68 valence electrons. The zero-order valence-corrected chi connectivity index (χ0v) is 9.71. The van der Waals surface area contributed by atoms with E-state index in [9.17, 15) is 0 Å². The summed E-state index contributed by atoms with van der Waals surface area (Å²) in [6, 6.07) is 5.90. The van der Waals surface area contributed by atoms with Crippen molar-refractivity contribution in [1.82, 2.24) is 0 Å². The highest BCUT2D eigenvalue weighted by molar-refractivity contribution is 9.10. The SMILES string of the molecule is OCc1c(Cl)sc2cccc(Br)c12. The Morgan fingerprint density at radius 2 is 2.23 bits per heavy atom. The second-order valence-corrected chi connectivity index (χ2v) is 5.13. The number of benzene rings is 1. The Labute approximate surface area is 93.1 Å². The number of aliphatic hydroxyl groups is 1. The van der Waals surface area contributed by atoms with Crippen LogP contribution in [0.5, 0.6) is 0 Å². The molecule has 0 atom stereocenters. The van der Waals surface area contributed by atoms with E-state index in [4.69, 9.17) is 16.7 Å². The monoisotopic (exact) mass is 276 g/mol. The second kappa shape index (κ2) is 3.58. The van der Waals surface area contributed by atoms with E-state index in [0.29, 0.717) is 4.34 Å². The van der Waals surface area contributed by atoms with Crippen LogP contribution < -0.4 is 0 Å². The Morgan fingerprint density at radius 1 is 1.46 bits per heavy atom. The van der Waals surface area contributed by atoms with Crippen LogP contribution in [0.2, 0.25) is 4.34 Å². The highest BCUT2D eigenvalue weighted by Gasteiger charge is 2.11. The van der Waals surface area contributed by atoms with Gasteiger partial charge in [0.05, 0.1) is 10.9 Å². The second-order valence-electron chi connectivity index (χ2n) is 2.63. The van der Waals surface area contributed by atoms with Gasteiger partial charge in [-0.2, -0.15) is 0 Å². The van der Waals surface area contributed by atoms with Gasteiger partial charge >= 0.3 is 0 Å². The predicted octanol–water partition coefficient (Wildman–Crippen LogP) is 3.81. The van der Waals surface area contributed by atoms with E-state index >= 15 is 0 Å². The normalized spacial score (nSPS) is 11.0. The number of hydrogen-bond acceptors (Lipinski definition) is 2. The lowest BCUT2D eigenvalue weighted by molar-refractivity contribution is 0.284. The summed E-state index contributed by atoms with van der Waals surface area (Å²) in [6.45, 7) is -0.0125. The minimum Gasteiger partial charge on any atom is -0.392 e. The standard InChI is InChI=1S/C9H6BrClOS/c10-6-2-1-3-7-8(6)5(4-12)9(11)13-7/h1-3,12H,4H2. The highest BCUT2D eigenvalue weighted by atomic mass is 79.9. The molecule has 0 spiro atoms. The molecule has 0 radical (unpaired) electrons. The first-order chi connectivity index (χ1) is 6.24. The first kappa shape index (κ1) is 9.46. The van der Waals surface area contributed by atoms with Crippen LogP contribution in [0.25, 0.3) is 10.1 Å². The lowest BCUT2D eigenvalue weighted by atomic mass is 10.2. The van der Waals surface area contributed by atoms with Gasteiger partial charge in [-0.3, -0.25) is 0 Å². The van der Waals surface area contributed by atoms with E-state index < -0.39 is 0 Å². The lowest BCUT2D eigenvalue weighted by Crippen LogP contribution is -1.80. The zero-order valence-electron chi connectivity index (χ0n) is 6.55. The molecule has 0 saturated carbocycles. The van der Waals surface area contributed by atoms with Crippen LogP contribution in [-0.2, 0) is 6.61 Å². The van der Waals surface area contributed by atoms with E-state index in [0.717, 1.165) is 20.1 Å². The summed E-state index contributed by atoms with van der Waals surface area (Å²) in [6.07, 6.45) is 0. The van der Waals surface area contributed by atoms with Gasteiger partial charge in [-0.25, -0.2) is 0 Å². The van der Waals surface area contributed by atoms with Gasteiger partial charge in [-0.1, -0.05) is 33.6 Å². The van der Waals surface area contributed by atoms with Crippen LogP contribution in [0.4, 0.5) is 0 Å². The van der Waals surface area contributed by atoms with Gasteiger partial charge in [0.2, 0.25) is 0 Å². The Hall–Kier alpha value is -0.0900.